The number of amides is 1. The normalized spacial score (nSPS) is 20.3. The van der Waals surface area contributed by atoms with Crippen LogP contribution in [-0.2, 0) is 14.9 Å². The maximum atomic E-state index is 13.1. The Labute approximate surface area is 174 Å². The Morgan fingerprint density at radius 3 is 2.41 bits per heavy atom. The second kappa shape index (κ2) is 11.3. The van der Waals surface area contributed by atoms with E-state index in [1.807, 2.05) is 24.3 Å². The fourth-order valence-electron chi connectivity index (χ4n) is 4.29. The number of halogens is 2. The lowest BCUT2D eigenvalue weighted by atomic mass is 9.73. The Bertz CT molecular complexity index is 583. The summed E-state index contributed by atoms with van der Waals surface area (Å²) in [6.07, 6.45) is 9.23. The molecule has 0 atom stereocenters. The van der Waals surface area contributed by atoms with Gasteiger partial charge in [0, 0.05) is 37.4 Å². The summed E-state index contributed by atoms with van der Waals surface area (Å²) < 4.78 is 5.52. The van der Waals surface area contributed by atoms with Crippen molar-refractivity contribution < 1.29 is 9.53 Å². The molecule has 1 aliphatic heterocycles. The number of ether oxygens (including phenoxy) is 1. The molecule has 1 amide bonds. The zero-order chi connectivity index (χ0) is 18.2. The minimum Gasteiger partial charge on any atom is -0.381 e. The molecule has 0 radical (unpaired) electrons. The first-order valence-electron chi connectivity index (χ1n) is 10.1. The van der Waals surface area contributed by atoms with Crippen LogP contribution in [0.4, 0.5) is 0 Å². The van der Waals surface area contributed by atoms with Crippen LogP contribution in [-0.4, -0.2) is 38.3 Å². The van der Waals surface area contributed by atoms with Crippen LogP contribution in [0.1, 0.15) is 56.9 Å². The smallest absolute Gasteiger partial charge is 0.230 e. The fourth-order valence-corrected chi connectivity index (χ4v) is 4.61. The van der Waals surface area contributed by atoms with Gasteiger partial charge in [0.15, 0.2) is 0 Å². The van der Waals surface area contributed by atoms with Crippen LogP contribution in [0.5, 0.6) is 0 Å². The van der Waals surface area contributed by atoms with Gasteiger partial charge in [-0.05, 0) is 37.3 Å². The van der Waals surface area contributed by atoms with Gasteiger partial charge in [-0.15, -0.1) is 12.4 Å². The van der Waals surface area contributed by atoms with E-state index in [1.54, 1.807) is 0 Å². The van der Waals surface area contributed by atoms with Crippen molar-refractivity contribution in [2.45, 2.75) is 62.8 Å². The lowest BCUT2D eigenvalue weighted by Gasteiger charge is -2.36. The predicted molar refractivity (Wildman–Crippen MR) is 113 cm³/mol. The van der Waals surface area contributed by atoms with Crippen LogP contribution in [0, 0.1) is 0 Å². The van der Waals surface area contributed by atoms with Crippen molar-refractivity contribution in [3.8, 4) is 0 Å². The molecule has 1 heterocycles. The van der Waals surface area contributed by atoms with E-state index in [-0.39, 0.29) is 18.3 Å². The van der Waals surface area contributed by atoms with Crippen LogP contribution in [0.25, 0.3) is 0 Å². The second-order valence-electron chi connectivity index (χ2n) is 7.57. The Kier molecular flexibility index (Phi) is 9.37. The lowest BCUT2D eigenvalue weighted by Crippen LogP contribution is -2.49. The number of rotatable bonds is 6. The van der Waals surface area contributed by atoms with Gasteiger partial charge >= 0.3 is 0 Å². The van der Waals surface area contributed by atoms with Crippen molar-refractivity contribution in [2.24, 2.45) is 0 Å². The summed E-state index contributed by atoms with van der Waals surface area (Å²) in [5.74, 6) is 0.0802. The molecule has 1 saturated heterocycles. The van der Waals surface area contributed by atoms with Gasteiger partial charge in [0.1, 0.15) is 0 Å². The van der Waals surface area contributed by atoms with E-state index < -0.39 is 5.41 Å². The summed E-state index contributed by atoms with van der Waals surface area (Å²) in [7, 11) is 0. The molecule has 1 aliphatic carbocycles. The van der Waals surface area contributed by atoms with Crippen LogP contribution < -0.4 is 10.6 Å². The van der Waals surface area contributed by atoms with Crippen molar-refractivity contribution in [3.63, 3.8) is 0 Å². The molecule has 3 rings (SSSR count). The van der Waals surface area contributed by atoms with Gasteiger partial charge in [-0.1, -0.05) is 55.5 Å². The summed E-state index contributed by atoms with van der Waals surface area (Å²) in [4.78, 5) is 13.1. The average Bonchev–Trinajstić information content (AvgIpc) is 2.95. The van der Waals surface area contributed by atoms with Crippen molar-refractivity contribution in [2.75, 3.05) is 26.3 Å². The molecule has 2 N–H and O–H groups in total. The molecule has 0 aromatic heterocycles. The van der Waals surface area contributed by atoms with Crippen molar-refractivity contribution in [1.82, 2.24) is 10.6 Å². The molecule has 27 heavy (non-hydrogen) atoms. The van der Waals surface area contributed by atoms with E-state index in [0.29, 0.717) is 43.7 Å². The van der Waals surface area contributed by atoms with Crippen LogP contribution in [0.3, 0.4) is 0 Å². The van der Waals surface area contributed by atoms with Crippen molar-refractivity contribution in [1.29, 1.82) is 0 Å². The quantitative estimate of drug-likeness (QED) is 0.540. The van der Waals surface area contributed by atoms with Gasteiger partial charge in [-0.3, -0.25) is 4.79 Å². The van der Waals surface area contributed by atoms with E-state index in [1.165, 1.54) is 38.5 Å². The summed E-state index contributed by atoms with van der Waals surface area (Å²) >= 11 is 6.44. The van der Waals surface area contributed by atoms with Crippen molar-refractivity contribution >= 4 is 29.9 Å². The molecule has 4 nitrogen and oxygen atoms in total. The number of hydrogen-bond donors (Lipinski definition) is 2. The Balaban J connectivity index is 0.00000261. The topological polar surface area (TPSA) is 50.4 Å². The third-order valence-electron chi connectivity index (χ3n) is 5.87. The fraction of sp³-hybridized carbons (Fsp3) is 0.667. The molecule has 0 bridgehead atoms. The maximum Gasteiger partial charge on any atom is 0.230 e. The Morgan fingerprint density at radius 1 is 1.07 bits per heavy atom. The SMILES string of the molecule is Cl.O=C(NCCNC1CCCCCC1)C1(c2ccccc2Cl)CCOCC1. The number of benzene rings is 1. The van der Waals surface area contributed by atoms with Gasteiger partial charge in [-0.2, -0.15) is 0 Å². The first-order chi connectivity index (χ1) is 12.7. The molecular formula is C21H32Cl2N2O2. The first kappa shape index (κ1) is 22.5. The zero-order valence-corrected chi connectivity index (χ0v) is 17.5. The molecule has 152 valence electrons. The van der Waals surface area contributed by atoms with Gasteiger partial charge in [-0.25, -0.2) is 0 Å². The van der Waals surface area contributed by atoms with Crippen LogP contribution in [0.15, 0.2) is 24.3 Å². The summed E-state index contributed by atoms with van der Waals surface area (Å²) in [5, 5.41) is 7.44. The highest BCUT2D eigenvalue weighted by Crippen LogP contribution is 2.38. The van der Waals surface area contributed by atoms with Crippen LogP contribution in [0.2, 0.25) is 5.02 Å². The molecular weight excluding hydrogens is 383 g/mol. The summed E-state index contributed by atoms with van der Waals surface area (Å²) in [6.45, 7) is 2.67. The first-order valence-corrected chi connectivity index (χ1v) is 10.4. The molecule has 0 spiro atoms. The largest absolute Gasteiger partial charge is 0.381 e. The molecule has 1 saturated carbocycles. The molecule has 0 unspecified atom stereocenters. The highest BCUT2D eigenvalue weighted by Gasteiger charge is 2.42. The molecule has 1 aromatic rings. The number of nitrogens with one attached hydrogen (secondary N) is 2. The summed E-state index contributed by atoms with van der Waals surface area (Å²) in [6, 6.07) is 8.33. The van der Waals surface area contributed by atoms with E-state index >= 15 is 0 Å². The Morgan fingerprint density at radius 2 is 1.74 bits per heavy atom. The monoisotopic (exact) mass is 414 g/mol. The predicted octanol–water partition coefficient (Wildman–Crippen LogP) is 4.24. The third kappa shape index (κ3) is 5.83. The third-order valence-corrected chi connectivity index (χ3v) is 6.20. The van der Waals surface area contributed by atoms with E-state index in [2.05, 4.69) is 10.6 Å². The maximum absolute atomic E-state index is 13.1. The number of carbonyl (C=O) groups excluding carboxylic acids is 1. The lowest BCUT2D eigenvalue weighted by molar-refractivity contribution is -0.130. The standard InChI is InChI=1S/C21H31ClN2O2.ClH/c22-19-10-6-5-9-18(19)21(11-15-26-16-12-21)20(25)24-14-13-23-17-7-3-1-2-4-8-17;/h5-6,9-10,17,23H,1-4,7-8,11-16H2,(H,24,25);1H. The zero-order valence-electron chi connectivity index (χ0n) is 16.0. The van der Waals surface area contributed by atoms with E-state index in [4.69, 9.17) is 16.3 Å². The van der Waals surface area contributed by atoms with Gasteiger partial charge in [0.2, 0.25) is 5.91 Å². The van der Waals surface area contributed by atoms with Gasteiger partial charge in [0.05, 0.1) is 5.41 Å². The second-order valence-corrected chi connectivity index (χ2v) is 7.98. The minimum atomic E-state index is -0.571. The number of hydrogen-bond acceptors (Lipinski definition) is 3. The molecule has 2 fully saturated rings. The minimum absolute atomic E-state index is 0. The highest BCUT2D eigenvalue weighted by atomic mass is 35.5. The highest BCUT2D eigenvalue weighted by molar-refractivity contribution is 6.31. The molecule has 6 heteroatoms. The summed E-state index contributed by atoms with van der Waals surface area (Å²) in [5.41, 5.74) is 0.359. The van der Waals surface area contributed by atoms with Crippen molar-refractivity contribution in [3.05, 3.63) is 34.9 Å². The van der Waals surface area contributed by atoms with E-state index in [0.717, 1.165) is 12.1 Å². The van der Waals surface area contributed by atoms with Crippen LogP contribution >= 0.6 is 24.0 Å². The van der Waals surface area contributed by atoms with E-state index in [9.17, 15) is 4.79 Å². The van der Waals surface area contributed by atoms with Gasteiger partial charge in [0.25, 0.3) is 0 Å². The molecule has 1 aromatic carbocycles. The average molecular weight is 415 g/mol. The Hall–Kier alpha value is -0.810. The van der Waals surface area contributed by atoms with Gasteiger partial charge < -0.3 is 15.4 Å². The number of carbonyl (C=O) groups is 1. The molecule has 2 aliphatic rings.